The summed E-state index contributed by atoms with van der Waals surface area (Å²) in [5, 5.41) is 10.8. The zero-order valence-electron chi connectivity index (χ0n) is 22.1. The molecule has 178 valence electrons. The molecule has 0 aromatic carbocycles. The minimum absolute atomic E-state index is 0.0452. The van der Waals surface area contributed by atoms with E-state index in [9.17, 15) is 5.11 Å². The Bertz CT molecular complexity index is 703. The maximum atomic E-state index is 10.8. The van der Waals surface area contributed by atoms with Crippen LogP contribution in [0.4, 0.5) is 0 Å². The van der Waals surface area contributed by atoms with Crippen molar-refractivity contribution in [1.82, 2.24) is 0 Å². The van der Waals surface area contributed by atoms with Crippen molar-refractivity contribution in [2.45, 2.75) is 126 Å². The fraction of sp³-hybridized carbons (Fsp3) is 0.933. The largest absolute Gasteiger partial charge is 0.393 e. The number of hydrogen-bond donors (Lipinski definition) is 1. The molecule has 0 aliphatic heterocycles. The lowest BCUT2D eigenvalue weighted by Crippen LogP contribution is -2.57. The summed E-state index contributed by atoms with van der Waals surface area (Å²) < 4.78 is 0. The van der Waals surface area contributed by atoms with Gasteiger partial charge in [-0.3, -0.25) is 0 Å². The molecule has 0 bridgehead atoms. The van der Waals surface area contributed by atoms with Crippen LogP contribution in [0.5, 0.6) is 0 Å². The molecule has 0 aromatic heterocycles. The summed E-state index contributed by atoms with van der Waals surface area (Å²) in [6, 6.07) is 0. The molecule has 31 heavy (non-hydrogen) atoms. The molecule has 0 heterocycles. The third kappa shape index (κ3) is 3.41. The van der Waals surface area contributed by atoms with E-state index in [0.717, 1.165) is 30.1 Å². The van der Waals surface area contributed by atoms with E-state index in [1.807, 2.05) is 5.57 Å². The molecule has 4 aliphatic rings. The summed E-state index contributed by atoms with van der Waals surface area (Å²) in [5.41, 5.74) is 3.09. The van der Waals surface area contributed by atoms with Crippen LogP contribution in [0.25, 0.3) is 0 Å². The second-order valence-electron chi connectivity index (χ2n) is 14.1. The van der Waals surface area contributed by atoms with Crippen LogP contribution in [0.1, 0.15) is 120 Å². The van der Waals surface area contributed by atoms with Gasteiger partial charge in [0.1, 0.15) is 0 Å². The van der Waals surface area contributed by atoms with Gasteiger partial charge in [0.05, 0.1) is 6.10 Å². The van der Waals surface area contributed by atoms with Crippen molar-refractivity contribution in [3.05, 3.63) is 11.6 Å². The maximum absolute atomic E-state index is 10.8. The van der Waals surface area contributed by atoms with Gasteiger partial charge in [0.25, 0.3) is 0 Å². The predicted molar refractivity (Wildman–Crippen MR) is 133 cm³/mol. The van der Waals surface area contributed by atoms with E-state index >= 15 is 0 Å². The fourth-order valence-corrected chi connectivity index (χ4v) is 9.72. The van der Waals surface area contributed by atoms with Crippen LogP contribution in [-0.2, 0) is 0 Å². The first-order valence-electron chi connectivity index (χ1n) is 13.8. The molecule has 0 spiro atoms. The summed E-state index contributed by atoms with van der Waals surface area (Å²) >= 11 is 0. The van der Waals surface area contributed by atoms with Gasteiger partial charge in [0, 0.05) is 0 Å². The van der Waals surface area contributed by atoms with E-state index < -0.39 is 0 Å². The molecule has 0 saturated heterocycles. The summed E-state index contributed by atoms with van der Waals surface area (Å²) in [6.07, 6.45) is 15.8. The van der Waals surface area contributed by atoms with Gasteiger partial charge in [0.2, 0.25) is 0 Å². The van der Waals surface area contributed by atoms with Crippen molar-refractivity contribution in [2.75, 3.05) is 0 Å². The molecule has 3 saturated carbocycles. The zero-order chi connectivity index (χ0) is 22.8. The number of allylic oxidation sites excluding steroid dienone is 2. The molecule has 3 fully saturated rings. The summed E-state index contributed by atoms with van der Waals surface area (Å²) in [5.74, 6) is 3.98. The number of hydrogen-bond acceptors (Lipinski definition) is 1. The Morgan fingerprint density at radius 2 is 1.61 bits per heavy atom. The second kappa shape index (κ2) is 7.89. The van der Waals surface area contributed by atoms with Gasteiger partial charge in [0.15, 0.2) is 0 Å². The topological polar surface area (TPSA) is 20.2 Å². The number of aliphatic hydroxyl groups excluding tert-OH is 1. The Labute approximate surface area is 193 Å². The van der Waals surface area contributed by atoms with Gasteiger partial charge in [-0.05, 0) is 96.2 Å². The average molecular weight is 429 g/mol. The van der Waals surface area contributed by atoms with Crippen LogP contribution in [0, 0.1) is 51.2 Å². The lowest BCUT2D eigenvalue weighted by Gasteiger charge is -2.64. The maximum Gasteiger partial charge on any atom is 0.0594 e. The third-order valence-corrected chi connectivity index (χ3v) is 12.0. The Hall–Kier alpha value is -0.300. The van der Waals surface area contributed by atoms with Gasteiger partial charge < -0.3 is 5.11 Å². The predicted octanol–water partition coefficient (Wildman–Crippen LogP) is 8.41. The highest BCUT2D eigenvalue weighted by Crippen LogP contribution is 2.73. The van der Waals surface area contributed by atoms with Crippen molar-refractivity contribution in [1.29, 1.82) is 0 Å². The van der Waals surface area contributed by atoms with E-state index in [4.69, 9.17) is 0 Å². The molecule has 1 N–H and O–H groups in total. The van der Waals surface area contributed by atoms with E-state index in [1.165, 1.54) is 57.8 Å². The Kier molecular flexibility index (Phi) is 6.07. The van der Waals surface area contributed by atoms with Gasteiger partial charge >= 0.3 is 0 Å². The molecule has 4 rings (SSSR count). The van der Waals surface area contributed by atoms with E-state index in [0.29, 0.717) is 22.2 Å². The fourth-order valence-electron chi connectivity index (χ4n) is 9.72. The molecule has 5 unspecified atom stereocenters. The quantitative estimate of drug-likeness (QED) is 0.436. The number of fused-ring (bicyclic) bond motifs is 5. The molecular formula is C30H52O. The lowest BCUT2D eigenvalue weighted by atomic mass is 9.41. The highest BCUT2D eigenvalue weighted by Gasteiger charge is 2.65. The minimum Gasteiger partial charge on any atom is -0.393 e. The first kappa shape index (κ1) is 23.8. The Morgan fingerprint density at radius 1 is 0.903 bits per heavy atom. The third-order valence-electron chi connectivity index (χ3n) is 12.0. The number of aliphatic hydroxyl groups is 1. The lowest BCUT2D eigenvalue weighted by molar-refractivity contribution is -0.118. The van der Waals surface area contributed by atoms with E-state index in [1.54, 1.807) is 0 Å². The Morgan fingerprint density at radius 3 is 2.29 bits per heavy atom. The minimum atomic E-state index is -0.130. The normalized spacial score (nSPS) is 47.4. The second-order valence-corrected chi connectivity index (χ2v) is 14.1. The van der Waals surface area contributed by atoms with Crippen LogP contribution in [0.15, 0.2) is 11.6 Å². The van der Waals surface area contributed by atoms with Crippen LogP contribution in [0.2, 0.25) is 0 Å². The van der Waals surface area contributed by atoms with Gasteiger partial charge in [-0.1, -0.05) is 86.3 Å². The first-order valence-corrected chi connectivity index (χ1v) is 13.8. The highest BCUT2D eigenvalue weighted by molar-refractivity contribution is 5.32. The summed E-state index contributed by atoms with van der Waals surface area (Å²) in [6.45, 7) is 20.0. The van der Waals surface area contributed by atoms with Crippen LogP contribution >= 0.6 is 0 Å². The highest BCUT2D eigenvalue weighted by atomic mass is 16.3. The smallest absolute Gasteiger partial charge is 0.0594 e. The van der Waals surface area contributed by atoms with Crippen molar-refractivity contribution in [2.24, 2.45) is 51.2 Å². The van der Waals surface area contributed by atoms with Crippen LogP contribution < -0.4 is 0 Å². The van der Waals surface area contributed by atoms with Crippen molar-refractivity contribution in [3.8, 4) is 0 Å². The van der Waals surface area contributed by atoms with E-state index in [2.05, 4.69) is 61.5 Å². The summed E-state index contributed by atoms with van der Waals surface area (Å²) in [7, 11) is 0. The Balaban J connectivity index is 1.61. The van der Waals surface area contributed by atoms with Crippen LogP contribution in [-0.4, -0.2) is 11.2 Å². The van der Waals surface area contributed by atoms with Gasteiger partial charge in [-0.2, -0.15) is 0 Å². The van der Waals surface area contributed by atoms with Gasteiger partial charge in [-0.15, -0.1) is 0 Å². The molecule has 0 radical (unpaired) electrons. The molecule has 0 aromatic rings. The van der Waals surface area contributed by atoms with Gasteiger partial charge in [-0.25, -0.2) is 0 Å². The SMILES string of the molecule is CC(C)CCCC(C)C1CC[C@@]2(C)C3CC[C@@H]4C(C)(CC[C@H](O)C4(C)C)C3=CCC12C. The summed E-state index contributed by atoms with van der Waals surface area (Å²) in [4.78, 5) is 0. The zero-order valence-corrected chi connectivity index (χ0v) is 22.1. The number of rotatable bonds is 5. The molecule has 1 nitrogen and oxygen atoms in total. The average Bonchev–Trinajstić information content (AvgIpc) is 2.96. The standard InChI is InChI=1S/C30H52O/c1-20(2)10-9-11-21(3)22-14-18-30(8)24-12-13-25-27(4,5)26(31)16-17-28(25,6)23(24)15-19-29(22,30)7/h15,20-22,24-26,31H,9-14,16-19H2,1-8H3/t21?,22?,24?,25-,26-,28?,29?,30-/m0/s1. The van der Waals surface area contributed by atoms with Crippen molar-refractivity contribution >= 4 is 0 Å². The van der Waals surface area contributed by atoms with Crippen molar-refractivity contribution < 1.29 is 5.11 Å². The monoisotopic (exact) mass is 428 g/mol. The molecule has 0 amide bonds. The molecule has 4 aliphatic carbocycles. The molecule has 8 atom stereocenters. The van der Waals surface area contributed by atoms with Crippen LogP contribution in [0.3, 0.4) is 0 Å². The molecule has 1 heteroatoms. The van der Waals surface area contributed by atoms with E-state index in [-0.39, 0.29) is 11.5 Å². The molecular weight excluding hydrogens is 376 g/mol. The van der Waals surface area contributed by atoms with Crippen molar-refractivity contribution in [3.63, 3.8) is 0 Å². The first-order chi connectivity index (χ1) is 14.4.